The summed E-state index contributed by atoms with van der Waals surface area (Å²) >= 11 is 0. The van der Waals surface area contributed by atoms with Crippen molar-refractivity contribution in [1.82, 2.24) is 4.90 Å². The molecule has 0 aromatic rings. The van der Waals surface area contributed by atoms with Gasteiger partial charge in [0.1, 0.15) is 0 Å². The van der Waals surface area contributed by atoms with Crippen molar-refractivity contribution in [3.05, 3.63) is 11.8 Å². The predicted octanol–water partition coefficient (Wildman–Crippen LogP) is 1.72. The van der Waals surface area contributed by atoms with Gasteiger partial charge in [-0.2, -0.15) is 0 Å². The van der Waals surface area contributed by atoms with Gasteiger partial charge in [0.05, 0.1) is 5.70 Å². The molecule has 0 saturated carbocycles. The minimum Gasteiger partial charge on any atom is -0.369 e. The molecule has 2 heteroatoms. The molecule has 0 spiro atoms. The monoisotopic (exact) mass is 165 g/mol. The van der Waals surface area contributed by atoms with Crippen LogP contribution in [0.3, 0.4) is 0 Å². The normalized spacial score (nSPS) is 24.5. The third kappa shape index (κ3) is 1.38. The van der Waals surface area contributed by atoms with Crippen LogP contribution >= 0.6 is 0 Å². The second kappa shape index (κ2) is 3.30. The van der Waals surface area contributed by atoms with Crippen LogP contribution in [0.1, 0.15) is 32.1 Å². The molecule has 0 radical (unpaired) electrons. The van der Waals surface area contributed by atoms with Crippen LogP contribution in [0.25, 0.3) is 0 Å². The summed E-state index contributed by atoms with van der Waals surface area (Å²) in [6.07, 6.45) is 7.65. The largest absolute Gasteiger partial charge is 0.369 e. The number of hydrogen-bond donors (Lipinski definition) is 0. The molecule has 1 saturated heterocycles. The maximum atomic E-state index is 11.4. The Labute approximate surface area is 73.2 Å². The predicted molar refractivity (Wildman–Crippen MR) is 47.7 cm³/mol. The van der Waals surface area contributed by atoms with Crippen molar-refractivity contribution in [3.8, 4) is 0 Å². The topological polar surface area (TPSA) is 20.3 Å². The lowest BCUT2D eigenvalue weighted by atomic mass is 10.1. The van der Waals surface area contributed by atoms with E-state index in [4.69, 9.17) is 0 Å². The number of Topliss-reactive ketones (excluding diaryl/α,β-unsaturated/α-hetero) is 1. The number of nitrogens with zero attached hydrogens (tertiary/aromatic N) is 1. The van der Waals surface area contributed by atoms with Crippen LogP contribution in [0.4, 0.5) is 0 Å². The molecule has 66 valence electrons. The first-order valence-corrected chi connectivity index (χ1v) is 4.86. The Morgan fingerprint density at radius 3 is 2.50 bits per heavy atom. The lowest BCUT2D eigenvalue weighted by Gasteiger charge is -2.28. The summed E-state index contributed by atoms with van der Waals surface area (Å²) in [6, 6.07) is 0. The molecule has 0 atom stereocenters. The molecule has 0 N–H and O–H groups in total. The quantitative estimate of drug-likeness (QED) is 0.589. The Hall–Kier alpha value is -0.790. The molecule has 0 bridgehead atoms. The van der Waals surface area contributed by atoms with E-state index >= 15 is 0 Å². The summed E-state index contributed by atoms with van der Waals surface area (Å²) in [7, 11) is 0. The smallest absolute Gasteiger partial charge is 0.178 e. The van der Waals surface area contributed by atoms with E-state index in [-0.39, 0.29) is 0 Å². The molecule has 12 heavy (non-hydrogen) atoms. The average Bonchev–Trinajstić information content (AvgIpc) is 2.53. The van der Waals surface area contributed by atoms with Crippen LogP contribution < -0.4 is 0 Å². The van der Waals surface area contributed by atoms with Gasteiger partial charge in [-0.15, -0.1) is 0 Å². The third-order valence-electron chi connectivity index (χ3n) is 2.69. The molecular weight excluding hydrogens is 150 g/mol. The van der Waals surface area contributed by atoms with Crippen molar-refractivity contribution in [2.24, 2.45) is 0 Å². The SMILES string of the molecule is O=C1CCC=C1N1CCCCC1. The minimum atomic E-state index is 0.358. The highest BCUT2D eigenvalue weighted by Crippen LogP contribution is 2.21. The zero-order chi connectivity index (χ0) is 8.39. The Balaban J connectivity index is 2.02. The van der Waals surface area contributed by atoms with Gasteiger partial charge >= 0.3 is 0 Å². The molecule has 2 nitrogen and oxygen atoms in total. The molecule has 0 amide bonds. The van der Waals surface area contributed by atoms with E-state index in [0.717, 1.165) is 31.6 Å². The van der Waals surface area contributed by atoms with Gasteiger partial charge in [0.2, 0.25) is 0 Å². The maximum Gasteiger partial charge on any atom is 0.178 e. The van der Waals surface area contributed by atoms with E-state index < -0.39 is 0 Å². The van der Waals surface area contributed by atoms with Gasteiger partial charge < -0.3 is 4.90 Å². The summed E-state index contributed by atoms with van der Waals surface area (Å²) in [5.74, 6) is 0.358. The summed E-state index contributed by atoms with van der Waals surface area (Å²) < 4.78 is 0. The van der Waals surface area contributed by atoms with Crippen LogP contribution in [0.5, 0.6) is 0 Å². The standard InChI is InChI=1S/C10H15NO/c12-10-6-4-5-9(10)11-7-2-1-3-8-11/h5H,1-4,6-8H2. The molecule has 1 aliphatic heterocycles. The van der Waals surface area contributed by atoms with E-state index in [2.05, 4.69) is 11.0 Å². The van der Waals surface area contributed by atoms with Crippen molar-refractivity contribution >= 4 is 5.78 Å². The van der Waals surface area contributed by atoms with Crippen molar-refractivity contribution in [2.75, 3.05) is 13.1 Å². The number of hydrogen-bond acceptors (Lipinski definition) is 2. The van der Waals surface area contributed by atoms with Crippen molar-refractivity contribution in [2.45, 2.75) is 32.1 Å². The Bertz CT molecular complexity index is 214. The second-order valence-corrected chi connectivity index (χ2v) is 3.60. The van der Waals surface area contributed by atoms with Gasteiger partial charge in [-0.25, -0.2) is 0 Å². The lowest BCUT2D eigenvalue weighted by Crippen LogP contribution is -2.31. The molecule has 1 heterocycles. The number of allylic oxidation sites excluding steroid dienone is 2. The highest BCUT2D eigenvalue weighted by Gasteiger charge is 2.22. The van der Waals surface area contributed by atoms with Crippen LogP contribution in [0.2, 0.25) is 0 Å². The maximum absolute atomic E-state index is 11.4. The van der Waals surface area contributed by atoms with Crippen LogP contribution in [-0.4, -0.2) is 23.8 Å². The van der Waals surface area contributed by atoms with Gasteiger partial charge in [0.15, 0.2) is 5.78 Å². The first kappa shape index (κ1) is 7.84. The number of piperidine rings is 1. The zero-order valence-electron chi connectivity index (χ0n) is 7.38. The summed E-state index contributed by atoms with van der Waals surface area (Å²) in [5, 5.41) is 0. The molecule has 0 aromatic heterocycles. The van der Waals surface area contributed by atoms with Crippen molar-refractivity contribution in [1.29, 1.82) is 0 Å². The Morgan fingerprint density at radius 2 is 1.92 bits per heavy atom. The number of carbonyl (C=O) groups is 1. The van der Waals surface area contributed by atoms with E-state index in [0.29, 0.717) is 5.78 Å². The fourth-order valence-electron chi connectivity index (χ4n) is 2.02. The van der Waals surface area contributed by atoms with Gasteiger partial charge in [-0.3, -0.25) is 4.79 Å². The third-order valence-corrected chi connectivity index (χ3v) is 2.69. The number of likely N-dealkylation sites (tertiary alicyclic amines) is 1. The lowest BCUT2D eigenvalue weighted by molar-refractivity contribution is -0.116. The molecule has 0 aromatic carbocycles. The average molecular weight is 165 g/mol. The first-order chi connectivity index (χ1) is 5.88. The molecule has 1 fully saturated rings. The highest BCUT2D eigenvalue weighted by molar-refractivity contribution is 5.96. The summed E-state index contributed by atoms with van der Waals surface area (Å²) in [5.41, 5.74) is 1.01. The minimum absolute atomic E-state index is 0.358. The number of ketones is 1. The molecular formula is C10H15NO. The fourth-order valence-corrected chi connectivity index (χ4v) is 2.02. The first-order valence-electron chi connectivity index (χ1n) is 4.86. The van der Waals surface area contributed by atoms with Gasteiger partial charge in [-0.1, -0.05) is 6.08 Å². The Morgan fingerprint density at radius 1 is 1.17 bits per heavy atom. The second-order valence-electron chi connectivity index (χ2n) is 3.60. The van der Waals surface area contributed by atoms with Gasteiger partial charge in [-0.05, 0) is 25.7 Å². The van der Waals surface area contributed by atoms with Crippen LogP contribution in [0, 0.1) is 0 Å². The van der Waals surface area contributed by atoms with Gasteiger partial charge in [0.25, 0.3) is 0 Å². The summed E-state index contributed by atoms with van der Waals surface area (Å²) in [4.78, 5) is 13.6. The van der Waals surface area contributed by atoms with E-state index in [1.807, 2.05) is 0 Å². The van der Waals surface area contributed by atoms with E-state index in [1.165, 1.54) is 19.3 Å². The van der Waals surface area contributed by atoms with Crippen molar-refractivity contribution < 1.29 is 4.79 Å². The van der Waals surface area contributed by atoms with Crippen molar-refractivity contribution in [3.63, 3.8) is 0 Å². The van der Waals surface area contributed by atoms with Gasteiger partial charge in [0, 0.05) is 19.5 Å². The molecule has 2 rings (SSSR count). The van der Waals surface area contributed by atoms with Crippen LogP contribution in [0.15, 0.2) is 11.8 Å². The Kier molecular flexibility index (Phi) is 2.15. The van der Waals surface area contributed by atoms with E-state index in [1.54, 1.807) is 0 Å². The summed E-state index contributed by atoms with van der Waals surface area (Å²) in [6.45, 7) is 2.19. The number of rotatable bonds is 1. The molecule has 0 unspecified atom stereocenters. The fraction of sp³-hybridized carbons (Fsp3) is 0.700. The highest BCUT2D eigenvalue weighted by atomic mass is 16.1. The number of carbonyl (C=O) groups excluding carboxylic acids is 1. The molecule has 1 aliphatic carbocycles. The molecule has 2 aliphatic rings. The van der Waals surface area contributed by atoms with E-state index in [9.17, 15) is 4.79 Å². The van der Waals surface area contributed by atoms with Crippen LogP contribution in [-0.2, 0) is 4.79 Å². The zero-order valence-corrected chi connectivity index (χ0v) is 7.38.